The Morgan fingerprint density at radius 3 is 2.75 bits per heavy atom. The van der Waals surface area contributed by atoms with Crippen molar-refractivity contribution < 1.29 is 5.21 Å². The summed E-state index contributed by atoms with van der Waals surface area (Å²) in [5.74, 6) is 1.42. The van der Waals surface area contributed by atoms with Gasteiger partial charge in [0, 0.05) is 28.3 Å². The molecule has 1 aliphatic rings. The Balaban J connectivity index is 2.46. The number of nitrogens with two attached hydrogens (primary N) is 1. The van der Waals surface area contributed by atoms with Crippen molar-refractivity contribution in [3.8, 4) is 0 Å². The molecule has 3 unspecified atom stereocenters. The molecule has 0 amide bonds. The van der Waals surface area contributed by atoms with Crippen LogP contribution in [0.15, 0.2) is 27.8 Å². The largest absolute Gasteiger partial charge is 0.409 e. The highest BCUT2D eigenvalue weighted by molar-refractivity contribution is 9.10. The van der Waals surface area contributed by atoms with E-state index >= 15 is 0 Å². The first kappa shape index (κ1) is 15.2. The molecule has 1 aromatic rings. The Morgan fingerprint density at radius 2 is 2.10 bits per heavy atom. The standard InChI is InChI=1S/C15H22BrN3O/c1-9-6-10(2)11(3)19(8-9)14-5-4-12(16)7-13(14)15(17)18-20/h4-5,7,9-11,20H,6,8H2,1-3H3,(H2,17,18). The van der Waals surface area contributed by atoms with Gasteiger partial charge in [-0.3, -0.25) is 0 Å². The normalized spacial score (nSPS) is 27.7. The molecule has 1 aliphatic heterocycles. The lowest BCUT2D eigenvalue weighted by atomic mass is 9.85. The van der Waals surface area contributed by atoms with Crippen molar-refractivity contribution in [1.82, 2.24) is 0 Å². The Kier molecular flexibility index (Phi) is 4.58. The van der Waals surface area contributed by atoms with Crippen LogP contribution in [0.4, 0.5) is 5.69 Å². The number of halogens is 1. The van der Waals surface area contributed by atoms with Gasteiger partial charge in [0.25, 0.3) is 0 Å². The summed E-state index contributed by atoms with van der Waals surface area (Å²) in [5.41, 5.74) is 7.65. The number of amidine groups is 1. The van der Waals surface area contributed by atoms with Crippen molar-refractivity contribution in [1.29, 1.82) is 0 Å². The molecule has 20 heavy (non-hydrogen) atoms. The van der Waals surface area contributed by atoms with Crippen molar-refractivity contribution >= 4 is 27.5 Å². The second-order valence-corrected chi connectivity index (χ2v) is 6.77. The molecule has 5 heteroatoms. The van der Waals surface area contributed by atoms with E-state index in [4.69, 9.17) is 10.9 Å². The van der Waals surface area contributed by atoms with Gasteiger partial charge >= 0.3 is 0 Å². The van der Waals surface area contributed by atoms with E-state index < -0.39 is 0 Å². The summed E-state index contributed by atoms with van der Waals surface area (Å²) >= 11 is 3.45. The van der Waals surface area contributed by atoms with Crippen LogP contribution in [0, 0.1) is 11.8 Å². The minimum atomic E-state index is 0.152. The van der Waals surface area contributed by atoms with Crippen LogP contribution in [0.25, 0.3) is 0 Å². The van der Waals surface area contributed by atoms with Crippen molar-refractivity contribution in [3.63, 3.8) is 0 Å². The van der Waals surface area contributed by atoms with E-state index in [0.29, 0.717) is 17.9 Å². The molecule has 3 atom stereocenters. The van der Waals surface area contributed by atoms with Gasteiger partial charge in [0.2, 0.25) is 0 Å². The monoisotopic (exact) mass is 339 g/mol. The number of hydrogen-bond acceptors (Lipinski definition) is 3. The minimum absolute atomic E-state index is 0.152. The first-order valence-corrected chi connectivity index (χ1v) is 7.77. The Morgan fingerprint density at radius 1 is 1.40 bits per heavy atom. The van der Waals surface area contributed by atoms with E-state index in [1.165, 1.54) is 6.42 Å². The van der Waals surface area contributed by atoms with Crippen LogP contribution in [0.5, 0.6) is 0 Å². The van der Waals surface area contributed by atoms with Crippen molar-refractivity contribution in [2.24, 2.45) is 22.7 Å². The van der Waals surface area contributed by atoms with Crippen LogP contribution in [0.1, 0.15) is 32.8 Å². The number of piperidine rings is 1. The summed E-state index contributed by atoms with van der Waals surface area (Å²) in [6.45, 7) is 7.81. The third-order valence-corrected chi connectivity index (χ3v) is 4.74. The topological polar surface area (TPSA) is 61.8 Å². The molecule has 1 heterocycles. The molecule has 1 fully saturated rings. The molecule has 1 saturated heterocycles. The maximum absolute atomic E-state index is 9.00. The zero-order chi connectivity index (χ0) is 14.9. The maximum Gasteiger partial charge on any atom is 0.172 e. The average molecular weight is 340 g/mol. The van der Waals surface area contributed by atoms with E-state index in [1.54, 1.807) is 0 Å². The van der Waals surface area contributed by atoms with Crippen molar-refractivity contribution in [2.45, 2.75) is 33.2 Å². The molecule has 0 aliphatic carbocycles. The fraction of sp³-hybridized carbons (Fsp3) is 0.533. The van der Waals surface area contributed by atoms with E-state index in [9.17, 15) is 0 Å². The lowest BCUT2D eigenvalue weighted by Gasteiger charge is -2.43. The van der Waals surface area contributed by atoms with E-state index in [1.807, 2.05) is 18.2 Å². The number of hydrogen-bond donors (Lipinski definition) is 2. The van der Waals surface area contributed by atoms with Gasteiger partial charge in [0.15, 0.2) is 5.84 Å². The molecule has 2 rings (SSSR count). The zero-order valence-corrected chi connectivity index (χ0v) is 13.8. The van der Waals surface area contributed by atoms with Gasteiger partial charge in [0.05, 0.1) is 0 Å². The third kappa shape index (κ3) is 2.92. The predicted molar refractivity (Wildman–Crippen MR) is 86.4 cm³/mol. The molecule has 3 N–H and O–H groups in total. The molecule has 0 bridgehead atoms. The molecule has 0 radical (unpaired) electrons. The van der Waals surface area contributed by atoms with E-state index in [0.717, 1.165) is 22.3 Å². The molecule has 0 aromatic heterocycles. The van der Waals surface area contributed by atoms with Gasteiger partial charge < -0.3 is 15.8 Å². The molecular weight excluding hydrogens is 318 g/mol. The van der Waals surface area contributed by atoms with Crippen molar-refractivity contribution in [2.75, 3.05) is 11.4 Å². The highest BCUT2D eigenvalue weighted by Gasteiger charge is 2.30. The first-order valence-electron chi connectivity index (χ1n) is 6.98. The van der Waals surface area contributed by atoms with Gasteiger partial charge in [0.1, 0.15) is 0 Å². The maximum atomic E-state index is 9.00. The summed E-state index contributed by atoms with van der Waals surface area (Å²) in [6, 6.07) is 6.39. The highest BCUT2D eigenvalue weighted by atomic mass is 79.9. The number of oxime groups is 1. The minimum Gasteiger partial charge on any atom is -0.409 e. The molecule has 110 valence electrons. The second kappa shape index (κ2) is 6.04. The third-order valence-electron chi connectivity index (χ3n) is 4.25. The fourth-order valence-electron chi connectivity index (χ4n) is 3.05. The van der Waals surface area contributed by atoms with Crippen molar-refractivity contribution in [3.05, 3.63) is 28.2 Å². The molecule has 0 saturated carbocycles. The number of rotatable bonds is 2. The van der Waals surface area contributed by atoms with Crippen LogP contribution in [-0.4, -0.2) is 23.6 Å². The first-order chi connectivity index (χ1) is 9.43. The zero-order valence-electron chi connectivity index (χ0n) is 12.2. The van der Waals surface area contributed by atoms with Crippen LogP contribution < -0.4 is 10.6 Å². The Bertz CT molecular complexity index is 518. The quantitative estimate of drug-likeness (QED) is 0.375. The van der Waals surface area contributed by atoms with E-state index in [-0.39, 0.29) is 5.84 Å². The average Bonchev–Trinajstić information content (AvgIpc) is 2.42. The lowest BCUT2D eigenvalue weighted by molar-refractivity contribution is 0.297. The van der Waals surface area contributed by atoms with Crippen LogP contribution >= 0.6 is 15.9 Å². The number of anilines is 1. The van der Waals surface area contributed by atoms with Crippen LogP contribution in [0.3, 0.4) is 0 Å². The smallest absolute Gasteiger partial charge is 0.172 e. The Hall–Kier alpha value is -1.23. The summed E-state index contributed by atoms with van der Waals surface area (Å²) in [5, 5.41) is 12.2. The highest BCUT2D eigenvalue weighted by Crippen LogP contribution is 2.34. The summed E-state index contributed by atoms with van der Waals surface area (Å²) in [4.78, 5) is 2.37. The second-order valence-electron chi connectivity index (χ2n) is 5.86. The summed E-state index contributed by atoms with van der Waals surface area (Å²) < 4.78 is 0.925. The molecule has 0 spiro atoms. The van der Waals surface area contributed by atoms with Gasteiger partial charge in [-0.2, -0.15) is 0 Å². The predicted octanol–water partition coefficient (Wildman–Crippen LogP) is 3.41. The SMILES string of the molecule is CC1CC(C)C(C)N(c2ccc(Br)cc2/C(N)=N/O)C1. The summed E-state index contributed by atoms with van der Waals surface area (Å²) in [6.07, 6.45) is 1.24. The molecular formula is C15H22BrN3O. The molecule has 4 nitrogen and oxygen atoms in total. The van der Waals surface area contributed by atoms with Crippen LogP contribution in [-0.2, 0) is 0 Å². The lowest BCUT2D eigenvalue weighted by Crippen LogP contribution is -2.46. The number of benzene rings is 1. The van der Waals surface area contributed by atoms with Gasteiger partial charge in [-0.05, 0) is 43.4 Å². The van der Waals surface area contributed by atoms with E-state index in [2.05, 4.69) is 46.8 Å². The molecule has 1 aromatic carbocycles. The van der Waals surface area contributed by atoms with Gasteiger partial charge in [-0.15, -0.1) is 0 Å². The fourth-order valence-corrected chi connectivity index (χ4v) is 3.41. The van der Waals surface area contributed by atoms with Gasteiger partial charge in [-0.1, -0.05) is 34.9 Å². The van der Waals surface area contributed by atoms with Crippen LogP contribution in [0.2, 0.25) is 0 Å². The Labute approximate surface area is 128 Å². The summed E-state index contributed by atoms with van der Waals surface area (Å²) in [7, 11) is 0. The van der Waals surface area contributed by atoms with Gasteiger partial charge in [-0.25, -0.2) is 0 Å². The number of nitrogens with zero attached hydrogens (tertiary/aromatic N) is 2.